The predicted octanol–water partition coefficient (Wildman–Crippen LogP) is -0.318. The van der Waals surface area contributed by atoms with Crippen molar-refractivity contribution in [1.29, 1.82) is 0 Å². The van der Waals surface area contributed by atoms with Crippen LogP contribution in [0.4, 0.5) is 0 Å². The van der Waals surface area contributed by atoms with Crippen molar-refractivity contribution in [2.75, 3.05) is 56.4 Å². The molecule has 0 aliphatic rings. The largest absolute Gasteiger partial charge is 1.00 e. The smallest absolute Gasteiger partial charge is 0.177 e. The van der Waals surface area contributed by atoms with Crippen LogP contribution in [0.2, 0.25) is 0 Å². The van der Waals surface area contributed by atoms with Crippen LogP contribution in [0.5, 0.6) is 0 Å². The molecule has 0 aliphatic heterocycles. The van der Waals surface area contributed by atoms with Crippen LogP contribution in [0.1, 0.15) is 17.1 Å². The summed E-state index contributed by atoms with van der Waals surface area (Å²) < 4.78 is 4.03. The van der Waals surface area contributed by atoms with Crippen molar-refractivity contribution in [2.24, 2.45) is 0 Å². The van der Waals surface area contributed by atoms with Crippen LogP contribution < -0.4 is 17.3 Å². The van der Waals surface area contributed by atoms with Crippen molar-refractivity contribution in [1.82, 2.24) is 49.8 Å². The lowest BCUT2D eigenvalue weighted by molar-refractivity contribution is -0.800. The summed E-state index contributed by atoms with van der Waals surface area (Å²) in [6, 6.07) is 5.98. The van der Waals surface area contributed by atoms with Crippen LogP contribution >= 0.6 is 12.4 Å². The van der Waals surface area contributed by atoms with E-state index in [1.807, 2.05) is 100 Å². The molecule has 0 unspecified atom stereocenters. The fraction of sp³-hybridized carbons (Fsp3) is 0.273. The number of aromatic amines is 3. The molecule has 0 atom stereocenters. The molecule has 0 aliphatic carbocycles. The van der Waals surface area contributed by atoms with E-state index in [9.17, 15) is 0 Å². The molecule has 6 aromatic rings. The molecule has 0 spiro atoms. The number of aromatic nitrogens is 9. The highest BCUT2D eigenvalue weighted by Gasteiger charge is 2.13. The summed E-state index contributed by atoms with van der Waals surface area (Å²) >= 11 is 0. The first-order valence-electron chi connectivity index (χ1n) is 14.8. The first kappa shape index (κ1) is 39.2. The highest BCUT2D eigenvalue weighted by Crippen LogP contribution is 2.20. The first-order chi connectivity index (χ1) is 22.0. The zero-order valence-electron chi connectivity index (χ0n) is 28.8. The summed E-state index contributed by atoms with van der Waals surface area (Å²) in [5.74, 6) is 0. The molecule has 0 saturated heterocycles. The Hall–Kier alpha value is -4.98. The van der Waals surface area contributed by atoms with Gasteiger partial charge in [0.2, 0.25) is 0 Å². The third-order valence-electron chi connectivity index (χ3n) is 6.44. The van der Waals surface area contributed by atoms with Gasteiger partial charge < -0.3 is 37.2 Å². The maximum absolute atomic E-state index is 4.41. The van der Waals surface area contributed by atoms with Crippen LogP contribution in [0.15, 0.2) is 68.2 Å². The van der Waals surface area contributed by atoms with Gasteiger partial charge in [-0.2, -0.15) is 0 Å². The van der Waals surface area contributed by atoms with Crippen LogP contribution in [0, 0.1) is 6.92 Å². The fourth-order valence-electron chi connectivity index (χ4n) is 4.67. The van der Waals surface area contributed by atoms with E-state index in [0.29, 0.717) is 0 Å². The molecule has 0 aromatic carbocycles. The van der Waals surface area contributed by atoms with Gasteiger partial charge in [-0.15, -0.1) is 12.4 Å². The van der Waals surface area contributed by atoms with Gasteiger partial charge in [0.1, 0.15) is 75.9 Å². The summed E-state index contributed by atoms with van der Waals surface area (Å²) in [6.07, 6.45) is 18.7. The van der Waals surface area contributed by atoms with Crippen molar-refractivity contribution in [3.05, 3.63) is 85.3 Å². The minimum Gasteiger partial charge on any atom is -1.00 e. The Morgan fingerprint density at radius 2 is 1.08 bits per heavy atom. The molecule has 4 N–H and O–H groups in total. The number of allylic oxidation sites excluding steroid dienone is 2. The van der Waals surface area contributed by atoms with Gasteiger partial charge >= 0.3 is 0 Å². The second-order valence-electron chi connectivity index (χ2n) is 11.5. The highest BCUT2D eigenvalue weighted by atomic mass is 35.5. The Balaban J connectivity index is 0.000000254. The van der Waals surface area contributed by atoms with Crippen molar-refractivity contribution in [3.63, 3.8) is 0 Å². The first-order valence-corrected chi connectivity index (χ1v) is 14.8. The van der Waals surface area contributed by atoms with Crippen LogP contribution in [-0.2, 0) is 0 Å². The minimum atomic E-state index is 0. The SMILES string of the molecule is CN(C)/C=C(/C=[N+](C)C)c1ncnc2[nH]ccc12.C[N+](C)=C/C(=C/[NH+](C)C)c1ncnc2[nH]ccc12.Cc1ncnc2[nH]ccc12.Cl.[Cl-]. The molecule has 6 aromatic heterocycles. The number of hydrogen-bond acceptors (Lipinski definition) is 7. The molecule has 0 saturated carbocycles. The summed E-state index contributed by atoms with van der Waals surface area (Å²) in [6.45, 7) is 1.97. The molecule has 0 amide bonds. The Kier molecular flexibility index (Phi) is 15.0. The van der Waals surface area contributed by atoms with Crippen molar-refractivity contribution in [3.8, 4) is 0 Å². The maximum atomic E-state index is 4.41. The molecule has 48 heavy (non-hydrogen) atoms. The van der Waals surface area contributed by atoms with E-state index in [-0.39, 0.29) is 24.8 Å². The summed E-state index contributed by atoms with van der Waals surface area (Å²) in [4.78, 5) is 37.8. The van der Waals surface area contributed by atoms with E-state index in [4.69, 9.17) is 0 Å². The van der Waals surface area contributed by atoms with E-state index in [0.717, 1.165) is 61.3 Å². The lowest BCUT2D eigenvalue weighted by Crippen LogP contribution is -3.00. The van der Waals surface area contributed by atoms with Gasteiger partial charge in [0.15, 0.2) is 12.4 Å². The van der Waals surface area contributed by atoms with Gasteiger partial charge in [0, 0.05) is 55.0 Å². The third-order valence-corrected chi connectivity index (χ3v) is 6.44. The molecule has 15 heteroatoms. The second-order valence-corrected chi connectivity index (χ2v) is 11.5. The summed E-state index contributed by atoms with van der Waals surface area (Å²) in [5.41, 5.74) is 7.69. The summed E-state index contributed by atoms with van der Waals surface area (Å²) in [5, 5.41) is 3.18. The Bertz CT molecular complexity index is 1910. The number of halogens is 2. The molecular formula is C33H45Cl2N13+2. The van der Waals surface area contributed by atoms with Crippen LogP contribution in [-0.4, -0.2) is 128 Å². The van der Waals surface area contributed by atoms with Gasteiger partial charge in [0.05, 0.1) is 36.8 Å². The molecule has 254 valence electrons. The Morgan fingerprint density at radius 3 is 1.52 bits per heavy atom. The van der Waals surface area contributed by atoms with E-state index < -0.39 is 0 Å². The standard InChI is InChI=1S/2C13H18N5.C7H7N3.2ClH/c2*1-17(2)7-10(8-18(3)4)12-11-5-6-14-13(11)16-9-15-12;1-5-6-2-3-8-7(6)10-4-9-5;;/h2*5-9H,1-4H3,(H,14,15,16);2-4H,1H3,(H,8,9,10);2*1H/q2*+1;;;. The second kappa shape index (κ2) is 18.4. The monoisotopic (exact) mass is 693 g/mol. The van der Waals surface area contributed by atoms with E-state index in [2.05, 4.69) is 83.8 Å². The molecule has 13 nitrogen and oxygen atoms in total. The van der Waals surface area contributed by atoms with Gasteiger partial charge in [-0.1, -0.05) is 0 Å². The normalized spacial score (nSPS) is 11.1. The van der Waals surface area contributed by atoms with Crippen molar-refractivity contribution < 1.29 is 26.5 Å². The average Bonchev–Trinajstić information content (AvgIpc) is 3.77. The molecule has 0 fully saturated rings. The molecule has 6 rings (SSSR count). The molecule has 6 heterocycles. The Labute approximate surface area is 293 Å². The maximum Gasteiger partial charge on any atom is 0.177 e. The van der Waals surface area contributed by atoms with Crippen molar-refractivity contribution in [2.45, 2.75) is 6.92 Å². The van der Waals surface area contributed by atoms with E-state index >= 15 is 0 Å². The van der Waals surface area contributed by atoms with Gasteiger partial charge in [-0.3, -0.25) is 0 Å². The lowest BCUT2D eigenvalue weighted by Gasteiger charge is -2.07. The fourth-order valence-corrected chi connectivity index (χ4v) is 4.67. The number of rotatable bonds is 6. The topological polar surface area (TPSA) is 138 Å². The zero-order chi connectivity index (χ0) is 33.2. The number of quaternary nitrogens is 1. The lowest BCUT2D eigenvalue weighted by atomic mass is 10.1. The van der Waals surface area contributed by atoms with Gasteiger partial charge in [-0.05, 0) is 25.1 Å². The zero-order valence-corrected chi connectivity index (χ0v) is 30.4. The van der Waals surface area contributed by atoms with Gasteiger partial charge in [0.25, 0.3) is 0 Å². The van der Waals surface area contributed by atoms with Crippen LogP contribution in [0.25, 0.3) is 44.2 Å². The third kappa shape index (κ3) is 10.5. The minimum absolute atomic E-state index is 0. The highest BCUT2D eigenvalue weighted by molar-refractivity contribution is 6.11. The molecule has 0 radical (unpaired) electrons. The average molecular weight is 695 g/mol. The van der Waals surface area contributed by atoms with Crippen LogP contribution in [0.3, 0.4) is 0 Å². The molecule has 0 bridgehead atoms. The van der Waals surface area contributed by atoms with Crippen molar-refractivity contribution >= 4 is 69.1 Å². The predicted molar refractivity (Wildman–Crippen MR) is 192 cm³/mol. The van der Waals surface area contributed by atoms with Gasteiger partial charge in [-0.25, -0.2) is 39.1 Å². The number of H-pyrrole nitrogens is 3. The number of nitrogens with zero attached hydrogens (tertiary/aromatic N) is 9. The number of aryl methyl sites for hydroxylation is 1. The Morgan fingerprint density at radius 1 is 0.667 bits per heavy atom. The number of hydrogen-bond donors (Lipinski definition) is 4. The quantitative estimate of drug-likeness (QED) is 0.139. The van der Waals surface area contributed by atoms with E-state index in [1.165, 1.54) is 4.90 Å². The molecular weight excluding hydrogens is 649 g/mol. The number of nitrogens with one attached hydrogen (secondary N) is 4. The number of fused-ring (bicyclic) bond motifs is 3. The van der Waals surface area contributed by atoms with E-state index in [1.54, 1.807) is 19.0 Å². The summed E-state index contributed by atoms with van der Waals surface area (Å²) in [7, 11) is 16.2.